The first kappa shape index (κ1) is 26.7. The van der Waals surface area contributed by atoms with E-state index in [0.717, 1.165) is 32.1 Å². The summed E-state index contributed by atoms with van der Waals surface area (Å²) in [5.74, 6) is 0. The van der Waals surface area contributed by atoms with Crippen molar-refractivity contribution in [2.45, 2.75) is 85.5 Å². The van der Waals surface area contributed by atoms with Crippen LogP contribution in [0.4, 0.5) is 0 Å². The zero-order chi connectivity index (χ0) is 24.3. The summed E-state index contributed by atoms with van der Waals surface area (Å²) in [6.07, 6.45) is 8.59. The van der Waals surface area contributed by atoms with Crippen LogP contribution in [0.2, 0.25) is 0 Å². The lowest BCUT2D eigenvalue weighted by Gasteiger charge is -2.19. The van der Waals surface area contributed by atoms with Crippen molar-refractivity contribution in [1.29, 1.82) is 0 Å². The van der Waals surface area contributed by atoms with Gasteiger partial charge in [-0.1, -0.05) is 107 Å². The third-order valence-electron chi connectivity index (χ3n) is 6.15. The van der Waals surface area contributed by atoms with Crippen molar-refractivity contribution in [3.63, 3.8) is 0 Å². The Kier molecular flexibility index (Phi) is 10.7. The molecule has 0 saturated carbocycles. The summed E-state index contributed by atoms with van der Waals surface area (Å²) in [6.45, 7) is 16.9. The average molecular weight is 441 g/mol. The molecule has 0 heterocycles. The fourth-order valence-corrected chi connectivity index (χ4v) is 4.23. The molecule has 0 aromatic heterocycles. The molecule has 0 saturated heterocycles. The Balaban J connectivity index is 0.00000187. The Bertz CT molecular complexity index is 1000. The van der Waals surface area contributed by atoms with Gasteiger partial charge in [-0.25, -0.2) is 0 Å². The molecule has 0 bridgehead atoms. The van der Waals surface area contributed by atoms with Crippen LogP contribution in [0.3, 0.4) is 0 Å². The highest BCUT2D eigenvalue weighted by Crippen LogP contribution is 2.23. The van der Waals surface area contributed by atoms with Crippen molar-refractivity contribution >= 4 is 0 Å². The number of aryl methyl sites for hydroxylation is 4. The van der Waals surface area contributed by atoms with Gasteiger partial charge in [0.2, 0.25) is 0 Å². The van der Waals surface area contributed by atoms with E-state index in [4.69, 9.17) is 0 Å². The molecule has 33 heavy (non-hydrogen) atoms. The summed E-state index contributed by atoms with van der Waals surface area (Å²) >= 11 is 0. The van der Waals surface area contributed by atoms with Gasteiger partial charge in [-0.05, 0) is 89.8 Å². The van der Waals surface area contributed by atoms with E-state index in [1.165, 1.54) is 45.4 Å². The van der Waals surface area contributed by atoms with Gasteiger partial charge >= 0.3 is 0 Å². The van der Waals surface area contributed by atoms with Crippen LogP contribution in [-0.4, -0.2) is 0 Å². The van der Waals surface area contributed by atoms with Crippen LogP contribution in [0.1, 0.15) is 86.4 Å². The molecule has 0 aliphatic carbocycles. The molecule has 0 radical (unpaired) electrons. The SMILES string of the molecule is C=CCCc1ccc(Cc2cccc(CCCc3cccc(C(C)(C)C)c3)c2)cc1C.CC. The number of hydrogen-bond acceptors (Lipinski definition) is 0. The van der Waals surface area contributed by atoms with Crippen LogP contribution in [-0.2, 0) is 31.1 Å². The van der Waals surface area contributed by atoms with Crippen LogP contribution in [0.15, 0.2) is 79.4 Å². The predicted octanol–water partition coefficient (Wildman–Crippen LogP) is 9.20. The lowest BCUT2D eigenvalue weighted by Crippen LogP contribution is -2.11. The molecule has 0 spiro atoms. The zero-order valence-electron chi connectivity index (χ0n) is 21.9. The molecule has 3 aromatic carbocycles. The molecule has 0 N–H and O–H groups in total. The lowest BCUT2D eigenvalue weighted by molar-refractivity contribution is 0.589. The normalized spacial score (nSPS) is 11.0. The molecule has 176 valence electrons. The van der Waals surface area contributed by atoms with E-state index >= 15 is 0 Å². The Morgan fingerprint density at radius 2 is 1.33 bits per heavy atom. The van der Waals surface area contributed by atoms with Crippen molar-refractivity contribution in [2.75, 3.05) is 0 Å². The Labute approximate surface area is 203 Å². The molecule has 3 rings (SSSR count). The van der Waals surface area contributed by atoms with Gasteiger partial charge in [-0.15, -0.1) is 6.58 Å². The number of hydrogen-bond donors (Lipinski definition) is 0. The molecule has 0 aliphatic rings. The van der Waals surface area contributed by atoms with Crippen LogP contribution in [0.5, 0.6) is 0 Å². The first-order chi connectivity index (χ1) is 15.8. The Morgan fingerprint density at radius 1 is 0.727 bits per heavy atom. The second-order valence-corrected chi connectivity index (χ2v) is 9.89. The fourth-order valence-electron chi connectivity index (χ4n) is 4.23. The van der Waals surface area contributed by atoms with Gasteiger partial charge < -0.3 is 0 Å². The molecular weight excluding hydrogens is 396 g/mol. The first-order valence-corrected chi connectivity index (χ1v) is 12.7. The predicted molar refractivity (Wildman–Crippen MR) is 147 cm³/mol. The van der Waals surface area contributed by atoms with Crippen LogP contribution in [0, 0.1) is 6.92 Å². The summed E-state index contributed by atoms with van der Waals surface area (Å²) < 4.78 is 0. The smallest absolute Gasteiger partial charge is 0.00256 e. The fraction of sp³-hybridized carbons (Fsp3) is 0.394. The third kappa shape index (κ3) is 8.69. The molecule has 0 unspecified atom stereocenters. The van der Waals surface area contributed by atoms with Gasteiger partial charge in [-0.2, -0.15) is 0 Å². The molecule has 0 aliphatic heterocycles. The van der Waals surface area contributed by atoms with Crippen LogP contribution < -0.4 is 0 Å². The van der Waals surface area contributed by atoms with Crippen molar-refractivity contribution in [2.24, 2.45) is 0 Å². The molecule has 0 heteroatoms. The summed E-state index contributed by atoms with van der Waals surface area (Å²) in [5.41, 5.74) is 10.2. The average Bonchev–Trinajstić information content (AvgIpc) is 2.80. The maximum Gasteiger partial charge on any atom is -0.00256 e. The molecule has 0 fully saturated rings. The van der Waals surface area contributed by atoms with E-state index in [2.05, 4.69) is 101 Å². The highest BCUT2D eigenvalue weighted by molar-refractivity contribution is 5.36. The molecule has 3 aromatic rings. The summed E-state index contributed by atoms with van der Waals surface area (Å²) in [5, 5.41) is 0. The van der Waals surface area contributed by atoms with Crippen molar-refractivity contribution < 1.29 is 0 Å². The van der Waals surface area contributed by atoms with Gasteiger partial charge in [0.25, 0.3) is 0 Å². The largest absolute Gasteiger partial charge is 0.103 e. The zero-order valence-corrected chi connectivity index (χ0v) is 21.9. The van der Waals surface area contributed by atoms with Gasteiger partial charge in [0, 0.05) is 0 Å². The maximum absolute atomic E-state index is 3.84. The Morgan fingerprint density at radius 3 is 1.97 bits per heavy atom. The van der Waals surface area contributed by atoms with E-state index < -0.39 is 0 Å². The number of allylic oxidation sites excluding steroid dienone is 1. The molecule has 0 amide bonds. The lowest BCUT2D eigenvalue weighted by atomic mass is 9.85. The summed E-state index contributed by atoms with van der Waals surface area (Å²) in [6, 6.07) is 25.2. The van der Waals surface area contributed by atoms with Crippen molar-refractivity contribution in [3.05, 3.63) is 118 Å². The quantitative estimate of drug-likeness (QED) is 0.291. The van der Waals surface area contributed by atoms with Gasteiger partial charge in [0.1, 0.15) is 0 Å². The number of rotatable bonds is 9. The van der Waals surface area contributed by atoms with Crippen LogP contribution in [0.25, 0.3) is 0 Å². The van der Waals surface area contributed by atoms with Gasteiger partial charge in [0.15, 0.2) is 0 Å². The van der Waals surface area contributed by atoms with E-state index in [0.29, 0.717) is 0 Å². The third-order valence-corrected chi connectivity index (χ3v) is 6.15. The Hall–Kier alpha value is -2.60. The van der Waals surface area contributed by atoms with Gasteiger partial charge in [-0.3, -0.25) is 0 Å². The van der Waals surface area contributed by atoms with Crippen LogP contribution >= 0.6 is 0 Å². The van der Waals surface area contributed by atoms with Crippen molar-refractivity contribution in [1.82, 2.24) is 0 Å². The van der Waals surface area contributed by atoms with Gasteiger partial charge in [0.05, 0.1) is 0 Å². The molecule has 0 nitrogen and oxygen atoms in total. The van der Waals surface area contributed by atoms with E-state index in [1.54, 1.807) is 0 Å². The molecular formula is C33H44. The standard InChI is InChI=1S/C31H38.C2H6/c1-6-7-16-29-19-18-28(20-24(29)2)22-27-15-9-12-25(21-27)11-8-13-26-14-10-17-30(23-26)31(3,4)5;1-2/h6,9-10,12,14-15,17-21,23H,1,7-8,11,13,16,22H2,2-5H3;1-2H3. The monoisotopic (exact) mass is 440 g/mol. The van der Waals surface area contributed by atoms with E-state index in [-0.39, 0.29) is 5.41 Å². The second-order valence-electron chi connectivity index (χ2n) is 9.89. The number of benzene rings is 3. The highest BCUT2D eigenvalue weighted by atomic mass is 14.2. The summed E-state index contributed by atoms with van der Waals surface area (Å²) in [4.78, 5) is 0. The first-order valence-electron chi connectivity index (χ1n) is 12.7. The summed E-state index contributed by atoms with van der Waals surface area (Å²) in [7, 11) is 0. The minimum Gasteiger partial charge on any atom is -0.103 e. The van der Waals surface area contributed by atoms with E-state index in [1.807, 2.05) is 19.9 Å². The van der Waals surface area contributed by atoms with E-state index in [9.17, 15) is 0 Å². The minimum absolute atomic E-state index is 0.215. The topological polar surface area (TPSA) is 0 Å². The highest BCUT2D eigenvalue weighted by Gasteiger charge is 2.13. The van der Waals surface area contributed by atoms with Crippen molar-refractivity contribution in [3.8, 4) is 0 Å². The minimum atomic E-state index is 0.215. The second kappa shape index (κ2) is 13.2. The molecule has 0 atom stereocenters. The maximum atomic E-state index is 3.84.